The highest BCUT2D eigenvalue weighted by Crippen LogP contribution is 2.16. The van der Waals surface area contributed by atoms with Gasteiger partial charge in [0, 0.05) is 5.92 Å². The molecule has 1 heterocycles. The Balaban J connectivity index is 2.30. The molecule has 0 aliphatic rings. The SMILES string of the molecule is Cc1nc(N)nc(N)c1C#CC(C)c1ccccc1. The van der Waals surface area contributed by atoms with E-state index in [1.165, 1.54) is 5.56 Å². The molecule has 4 nitrogen and oxygen atoms in total. The fourth-order valence-electron chi connectivity index (χ4n) is 1.78. The highest BCUT2D eigenvalue weighted by atomic mass is 15.0. The van der Waals surface area contributed by atoms with Crippen molar-refractivity contribution in [2.45, 2.75) is 19.8 Å². The summed E-state index contributed by atoms with van der Waals surface area (Å²) in [7, 11) is 0. The van der Waals surface area contributed by atoms with Gasteiger partial charge in [0.15, 0.2) is 0 Å². The van der Waals surface area contributed by atoms with Crippen molar-refractivity contribution >= 4 is 11.8 Å². The lowest BCUT2D eigenvalue weighted by molar-refractivity contribution is 1.00. The highest BCUT2D eigenvalue weighted by molar-refractivity contribution is 5.55. The number of hydrogen-bond acceptors (Lipinski definition) is 4. The van der Waals surface area contributed by atoms with Gasteiger partial charge in [-0.15, -0.1) is 0 Å². The fourth-order valence-corrected chi connectivity index (χ4v) is 1.78. The number of nitrogen functional groups attached to an aromatic ring is 2. The predicted octanol–water partition coefficient (Wildman–Crippen LogP) is 2.10. The molecule has 19 heavy (non-hydrogen) atoms. The maximum absolute atomic E-state index is 5.81. The summed E-state index contributed by atoms with van der Waals surface area (Å²) in [5.74, 6) is 6.85. The molecule has 0 bridgehead atoms. The average molecular weight is 252 g/mol. The van der Waals surface area contributed by atoms with E-state index < -0.39 is 0 Å². The number of aryl methyl sites for hydroxylation is 1. The summed E-state index contributed by atoms with van der Waals surface area (Å²) in [6.45, 7) is 3.87. The summed E-state index contributed by atoms with van der Waals surface area (Å²) in [6.07, 6.45) is 0. The molecule has 0 amide bonds. The first kappa shape index (κ1) is 12.9. The number of nitrogens with two attached hydrogens (primary N) is 2. The molecule has 1 unspecified atom stereocenters. The van der Waals surface area contributed by atoms with E-state index in [0.29, 0.717) is 17.1 Å². The number of anilines is 2. The summed E-state index contributed by atoms with van der Waals surface area (Å²) >= 11 is 0. The van der Waals surface area contributed by atoms with Crippen molar-refractivity contribution in [3.8, 4) is 11.8 Å². The standard InChI is InChI=1S/C15H16N4/c1-10(12-6-4-3-5-7-12)8-9-13-11(2)18-15(17)19-14(13)16/h3-7,10H,1-2H3,(H4,16,17,18,19). The largest absolute Gasteiger partial charge is 0.382 e. The first-order valence-corrected chi connectivity index (χ1v) is 6.04. The van der Waals surface area contributed by atoms with E-state index in [2.05, 4.69) is 33.9 Å². The van der Waals surface area contributed by atoms with Gasteiger partial charge in [0.05, 0.1) is 11.3 Å². The third kappa shape index (κ3) is 3.02. The van der Waals surface area contributed by atoms with Crippen molar-refractivity contribution in [3.05, 3.63) is 47.2 Å². The van der Waals surface area contributed by atoms with Crippen LogP contribution in [-0.4, -0.2) is 9.97 Å². The molecule has 0 aliphatic heterocycles. The molecule has 1 aromatic heterocycles. The van der Waals surface area contributed by atoms with Gasteiger partial charge in [0.2, 0.25) is 5.95 Å². The monoisotopic (exact) mass is 252 g/mol. The van der Waals surface area contributed by atoms with Crippen molar-refractivity contribution < 1.29 is 0 Å². The third-order valence-electron chi connectivity index (χ3n) is 2.85. The summed E-state index contributed by atoms with van der Waals surface area (Å²) in [5, 5.41) is 0. The summed E-state index contributed by atoms with van der Waals surface area (Å²) in [6, 6.07) is 10.1. The van der Waals surface area contributed by atoms with Gasteiger partial charge in [-0.2, -0.15) is 4.98 Å². The van der Waals surface area contributed by atoms with Crippen LogP contribution < -0.4 is 11.5 Å². The third-order valence-corrected chi connectivity index (χ3v) is 2.85. The zero-order valence-corrected chi connectivity index (χ0v) is 11.0. The molecule has 1 aromatic carbocycles. The Hall–Kier alpha value is -2.54. The van der Waals surface area contributed by atoms with E-state index in [0.717, 1.165) is 0 Å². The normalized spacial score (nSPS) is 11.5. The minimum Gasteiger partial charge on any atom is -0.382 e. The van der Waals surface area contributed by atoms with Crippen LogP contribution in [0, 0.1) is 18.8 Å². The molecule has 2 aromatic rings. The maximum Gasteiger partial charge on any atom is 0.222 e. The Labute approximate surface area is 112 Å². The number of rotatable bonds is 1. The highest BCUT2D eigenvalue weighted by Gasteiger charge is 2.06. The van der Waals surface area contributed by atoms with Gasteiger partial charge in [-0.05, 0) is 19.4 Å². The van der Waals surface area contributed by atoms with Crippen LogP contribution >= 0.6 is 0 Å². The molecule has 0 radical (unpaired) electrons. The van der Waals surface area contributed by atoms with Gasteiger partial charge in [-0.1, -0.05) is 42.2 Å². The van der Waals surface area contributed by atoms with Gasteiger partial charge in [0.1, 0.15) is 5.82 Å². The van der Waals surface area contributed by atoms with Crippen molar-refractivity contribution in [1.29, 1.82) is 0 Å². The molecule has 4 N–H and O–H groups in total. The average Bonchev–Trinajstić information content (AvgIpc) is 2.38. The van der Waals surface area contributed by atoms with E-state index >= 15 is 0 Å². The van der Waals surface area contributed by atoms with Crippen LogP contribution in [0.15, 0.2) is 30.3 Å². The second kappa shape index (κ2) is 5.40. The van der Waals surface area contributed by atoms with Crippen LogP contribution in [0.4, 0.5) is 11.8 Å². The molecule has 0 saturated carbocycles. The van der Waals surface area contributed by atoms with Crippen molar-refractivity contribution in [2.24, 2.45) is 0 Å². The molecule has 0 aliphatic carbocycles. The summed E-state index contributed by atoms with van der Waals surface area (Å²) in [4.78, 5) is 8.00. The van der Waals surface area contributed by atoms with Gasteiger partial charge in [-0.3, -0.25) is 0 Å². The molecule has 0 fully saturated rings. The van der Waals surface area contributed by atoms with Crippen LogP contribution in [0.3, 0.4) is 0 Å². The first-order valence-electron chi connectivity index (χ1n) is 6.04. The summed E-state index contributed by atoms with van der Waals surface area (Å²) < 4.78 is 0. The lowest BCUT2D eigenvalue weighted by Crippen LogP contribution is -2.05. The zero-order valence-electron chi connectivity index (χ0n) is 11.0. The Bertz CT molecular complexity index is 615. The zero-order chi connectivity index (χ0) is 13.8. The molecular formula is C15H16N4. The van der Waals surface area contributed by atoms with Crippen molar-refractivity contribution in [1.82, 2.24) is 9.97 Å². The van der Waals surface area contributed by atoms with E-state index in [1.807, 2.05) is 32.0 Å². The van der Waals surface area contributed by atoms with E-state index in [4.69, 9.17) is 11.5 Å². The maximum atomic E-state index is 5.81. The van der Waals surface area contributed by atoms with Gasteiger partial charge in [-0.25, -0.2) is 4.98 Å². The van der Waals surface area contributed by atoms with E-state index in [-0.39, 0.29) is 11.9 Å². The minimum absolute atomic E-state index is 0.123. The lowest BCUT2D eigenvalue weighted by Gasteiger charge is -2.05. The number of aromatic nitrogens is 2. The topological polar surface area (TPSA) is 77.8 Å². The molecule has 0 saturated heterocycles. The number of hydrogen-bond donors (Lipinski definition) is 2. The molecule has 1 atom stereocenters. The van der Waals surface area contributed by atoms with Crippen LogP contribution in [0.1, 0.15) is 29.7 Å². The Morgan fingerprint density at radius 1 is 1.11 bits per heavy atom. The van der Waals surface area contributed by atoms with Crippen LogP contribution in [0.25, 0.3) is 0 Å². The second-order valence-corrected chi connectivity index (χ2v) is 4.33. The Kier molecular flexibility index (Phi) is 3.67. The fraction of sp³-hybridized carbons (Fsp3) is 0.200. The molecule has 2 rings (SSSR count). The Morgan fingerprint density at radius 2 is 1.79 bits per heavy atom. The Morgan fingerprint density at radius 3 is 2.42 bits per heavy atom. The molecule has 4 heteroatoms. The minimum atomic E-state index is 0.123. The van der Waals surface area contributed by atoms with Crippen molar-refractivity contribution in [2.75, 3.05) is 11.5 Å². The first-order chi connectivity index (χ1) is 9.08. The van der Waals surface area contributed by atoms with Crippen molar-refractivity contribution in [3.63, 3.8) is 0 Å². The smallest absolute Gasteiger partial charge is 0.222 e. The number of nitrogens with zero attached hydrogens (tertiary/aromatic N) is 2. The second-order valence-electron chi connectivity index (χ2n) is 4.33. The molecule has 96 valence electrons. The lowest BCUT2D eigenvalue weighted by atomic mass is 10.0. The molecule has 0 spiro atoms. The predicted molar refractivity (Wildman–Crippen MR) is 77.3 cm³/mol. The van der Waals surface area contributed by atoms with Gasteiger partial charge >= 0.3 is 0 Å². The van der Waals surface area contributed by atoms with Crippen LogP contribution in [0.2, 0.25) is 0 Å². The molecular weight excluding hydrogens is 236 g/mol. The number of benzene rings is 1. The summed E-state index contributed by atoms with van der Waals surface area (Å²) in [5.41, 5.74) is 13.9. The van der Waals surface area contributed by atoms with E-state index in [9.17, 15) is 0 Å². The van der Waals surface area contributed by atoms with Crippen LogP contribution in [-0.2, 0) is 0 Å². The van der Waals surface area contributed by atoms with Gasteiger partial charge in [0.25, 0.3) is 0 Å². The van der Waals surface area contributed by atoms with Gasteiger partial charge < -0.3 is 11.5 Å². The quantitative estimate of drug-likeness (QED) is 0.762. The van der Waals surface area contributed by atoms with E-state index in [1.54, 1.807) is 0 Å². The van der Waals surface area contributed by atoms with Crippen LogP contribution in [0.5, 0.6) is 0 Å².